The smallest absolute Gasteiger partial charge is 0.255 e. The van der Waals surface area contributed by atoms with Gasteiger partial charge in [0.05, 0.1) is 12.1 Å². The van der Waals surface area contributed by atoms with Gasteiger partial charge < -0.3 is 15.0 Å². The third kappa shape index (κ3) is 3.78. The molecule has 1 amide bonds. The van der Waals surface area contributed by atoms with Gasteiger partial charge in [0.15, 0.2) is 0 Å². The molecule has 5 rings (SSSR count). The summed E-state index contributed by atoms with van der Waals surface area (Å²) < 4.78 is 5.56. The Morgan fingerprint density at radius 1 is 1.03 bits per heavy atom. The molecule has 0 saturated carbocycles. The summed E-state index contributed by atoms with van der Waals surface area (Å²) in [5.74, 6) is 0.900. The number of benzene rings is 3. The van der Waals surface area contributed by atoms with Gasteiger partial charge in [0.2, 0.25) is 0 Å². The topological polar surface area (TPSA) is 41.6 Å². The second-order valence-corrected chi connectivity index (χ2v) is 9.14. The van der Waals surface area contributed by atoms with Gasteiger partial charge in [0.25, 0.3) is 5.91 Å². The van der Waals surface area contributed by atoms with Crippen LogP contribution >= 0.6 is 11.6 Å². The number of hydrogen-bond acceptors (Lipinski definition) is 3. The molecule has 0 aromatic heterocycles. The Hall–Kier alpha value is -2.82. The van der Waals surface area contributed by atoms with E-state index in [1.807, 2.05) is 36.4 Å². The van der Waals surface area contributed by atoms with Crippen LogP contribution in [0.2, 0.25) is 5.02 Å². The van der Waals surface area contributed by atoms with Crippen molar-refractivity contribution in [3.63, 3.8) is 0 Å². The first-order valence-electron chi connectivity index (χ1n) is 11.1. The molecule has 5 heteroatoms. The Morgan fingerprint density at radius 2 is 1.81 bits per heavy atom. The van der Waals surface area contributed by atoms with Crippen LogP contribution < -0.4 is 10.1 Å². The van der Waals surface area contributed by atoms with Crippen molar-refractivity contribution in [2.45, 2.75) is 31.2 Å². The average Bonchev–Trinajstić information content (AvgIpc) is 2.95. The van der Waals surface area contributed by atoms with E-state index in [1.54, 1.807) is 7.11 Å². The van der Waals surface area contributed by atoms with Crippen LogP contribution in [0.15, 0.2) is 60.7 Å². The van der Waals surface area contributed by atoms with Gasteiger partial charge in [-0.15, -0.1) is 0 Å². The van der Waals surface area contributed by atoms with Crippen molar-refractivity contribution in [2.24, 2.45) is 0 Å². The summed E-state index contributed by atoms with van der Waals surface area (Å²) in [5, 5.41) is 3.73. The van der Waals surface area contributed by atoms with Gasteiger partial charge in [0.1, 0.15) is 5.75 Å². The fraction of sp³-hybridized carbons (Fsp3) is 0.296. The highest BCUT2D eigenvalue weighted by Crippen LogP contribution is 2.45. The molecular weight excluding hydrogens is 420 g/mol. The Bertz CT molecular complexity index is 1160. The van der Waals surface area contributed by atoms with Gasteiger partial charge in [0, 0.05) is 29.8 Å². The molecule has 1 aliphatic carbocycles. The van der Waals surface area contributed by atoms with E-state index in [1.165, 1.54) is 22.3 Å². The van der Waals surface area contributed by atoms with Crippen molar-refractivity contribution in [1.82, 2.24) is 4.90 Å². The SMILES string of the molecule is COc1cc2c(cc1Cl)CCN(C)[C@H]1CCc3cc(NC(=O)c4ccccc4)ccc3[C@H]21. The quantitative estimate of drug-likeness (QED) is 0.574. The Balaban J connectivity index is 1.53. The van der Waals surface area contributed by atoms with Crippen molar-refractivity contribution in [3.05, 3.63) is 93.5 Å². The van der Waals surface area contributed by atoms with Crippen LogP contribution in [-0.4, -0.2) is 37.6 Å². The molecule has 2 atom stereocenters. The van der Waals surface area contributed by atoms with E-state index in [0.29, 0.717) is 16.6 Å². The summed E-state index contributed by atoms with van der Waals surface area (Å²) in [6.07, 6.45) is 3.05. The van der Waals surface area contributed by atoms with Crippen LogP contribution in [0.3, 0.4) is 0 Å². The molecule has 1 heterocycles. The van der Waals surface area contributed by atoms with Crippen LogP contribution in [0.4, 0.5) is 5.69 Å². The minimum atomic E-state index is -0.0850. The van der Waals surface area contributed by atoms with Crippen molar-refractivity contribution < 1.29 is 9.53 Å². The predicted octanol–water partition coefficient (Wildman–Crippen LogP) is 5.54. The maximum absolute atomic E-state index is 12.6. The molecule has 164 valence electrons. The second kappa shape index (κ2) is 8.61. The van der Waals surface area contributed by atoms with Gasteiger partial charge in [-0.3, -0.25) is 4.79 Å². The van der Waals surface area contributed by atoms with Crippen molar-refractivity contribution in [2.75, 3.05) is 26.0 Å². The number of nitrogens with zero attached hydrogens (tertiary/aromatic N) is 1. The first-order valence-corrected chi connectivity index (χ1v) is 11.5. The second-order valence-electron chi connectivity index (χ2n) is 8.73. The monoisotopic (exact) mass is 446 g/mol. The zero-order valence-electron chi connectivity index (χ0n) is 18.4. The number of methoxy groups -OCH3 is 1. The molecule has 3 aromatic carbocycles. The van der Waals surface area contributed by atoms with E-state index < -0.39 is 0 Å². The van der Waals surface area contributed by atoms with Crippen molar-refractivity contribution in [1.29, 1.82) is 0 Å². The highest BCUT2D eigenvalue weighted by molar-refractivity contribution is 6.32. The van der Waals surface area contributed by atoms with E-state index >= 15 is 0 Å². The van der Waals surface area contributed by atoms with Gasteiger partial charge in [-0.2, -0.15) is 0 Å². The molecule has 2 aliphatic rings. The van der Waals surface area contributed by atoms with Crippen LogP contribution in [0.25, 0.3) is 0 Å². The van der Waals surface area contributed by atoms with Gasteiger partial charge in [-0.05, 0) is 85.0 Å². The molecule has 4 nitrogen and oxygen atoms in total. The third-order valence-electron chi connectivity index (χ3n) is 6.91. The molecular formula is C27H27ClN2O2. The molecule has 32 heavy (non-hydrogen) atoms. The highest BCUT2D eigenvalue weighted by atomic mass is 35.5. The molecule has 0 saturated heterocycles. The number of nitrogens with one attached hydrogen (secondary N) is 1. The lowest BCUT2D eigenvalue weighted by Crippen LogP contribution is -2.39. The first-order chi connectivity index (χ1) is 15.5. The zero-order chi connectivity index (χ0) is 22.2. The zero-order valence-corrected chi connectivity index (χ0v) is 19.2. The van der Waals surface area contributed by atoms with E-state index in [2.05, 4.69) is 41.5 Å². The number of carbonyl (C=O) groups excluding carboxylic acids is 1. The van der Waals surface area contributed by atoms with E-state index in [0.717, 1.165) is 37.2 Å². The minimum Gasteiger partial charge on any atom is -0.495 e. The first kappa shape index (κ1) is 21.0. The highest BCUT2D eigenvalue weighted by Gasteiger charge is 2.37. The summed E-state index contributed by atoms with van der Waals surface area (Å²) in [4.78, 5) is 15.1. The molecule has 0 fully saturated rings. The number of halogens is 1. The molecule has 0 unspecified atom stereocenters. The standard InChI is InChI=1S/C27H27ClN2O2/c1-30-13-12-19-15-23(28)25(32-2)16-22(19)26-21-10-9-20(14-18(21)8-11-24(26)30)29-27(31)17-6-4-3-5-7-17/h3-7,9-10,14-16,24,26H,8,11-13H2,1-2H3,(H,29,31)/t24-,26+/m0/s1. The molecule has 3 aromatic rings. The average molecular weight is 447 g/mol. The maximum Gasteiger partial charge on any atom is 0.255 e. The number of fused-ring (bicyclic) bond motifs is 5. The number of hydrogen-bond donors (Lipinski definition) is 1. The van der Waals surface area contributed by atoms with Crippen LogP contribution in [0.5, 0.6) is 5.75 Å². The van der Waals surface area contributed by atoms with E-state index in [9.17, 15) is 4.79 Å². The number of likely N-dealkylation sites (N-methyl/N-ethyl adjacent to an activating group) is 1. The normalized spacial score (nSPS) is 19.8. The predicted molar refractivity (Wildman–Crippen MR) is 129 cm³/mol. The van der Waals surface area contributed by atoms with Crippen LogP contribution in [0.1, 0.15) is 45.0 Å². The van der Waals surface area contributed by atoms with Crippen LogP contribution in [0, 0.1) is 0 Å². The van der Waals surface area contributed by atoms with E-state index in [-0.39, 0.29) is 11.8 Å². The Labute approximate surface area is 194 Å². The van der Waals surface area contributed by atoms with Gasteiger partial charge >= 0.3 is 0 Å². The number of rotatable bonds is 3. The number of anilines is 1. The number of carbonyl (C=O) groups is 1. The summed E-state index contributed by atoms with van der Waals surface area (Å²) in [7, 11) is 3.90. The molecule has 1 aliphatic heterocycles. The number of ether oxygens (including phenoxy) is 1. The molecule has 0 spiro atoms. The lowest BCUT2D eigenvalue weighted by Gasteiger charge is -2.38. The van der Waals surface area contributed by atoms with Gasteiger partial charge in [-0.25, -0.2) is 0 Å². The minimum absolute atomic E-state index is 0.0850. The fourth-order valence-corrected chi connectivity index (χ4v) is 5.52. The summed E-state index contributed by atoms with van der Waals surface area (Å²) in [6.45, 7) is 1.01. The molecule has 0 bridgehead atoms. The van der Waals surface area contributed by atoms with E-state index in [4.69, 9.17) is 16.3 Å². The van der Waals surface area contributed by atoms with Crippen molar-refractivity contribution >= 4 is 23.2 Å². The summed E-state index contributed by atoms with van der Waals surface area (Å²) in [5.41, 5.74) is 6.73. The van der Waals surface area contributed by atoms with Crippen molar-refractivity contribution in [3.8, 4) is 5.75 Å². The molecule has 1 N–H and O–H groups in total. The third-order valence-corrected chi connectivity index (χ3v) is 7.21. The lowest BCUT2D eigenvalue weighted by molar-refractivity contribution is 0.102. The molecule has 0 radical (unpaired) electrons. The Morgan fingerprint density at radius 3 is 2.59 bits per heavy atom. The summed E-state index contributed by atoms with van der Waals surface area (Å²) >= 11 is 6.47. The largest absolute Gasteiger partial charge is 0.495 e. The Kier molecular flexibility index (Phi) is 5.66. The van der Waals surface area contributed by atoms with Gasteiger partial charge in [-0.1, -0.05) is 35.9 Å². The maximum atomic E-state index is 12.6. The summed E-state index contributed by atoms with van der Waals surface area (Å²) in [6, 6.07) is 20.3. The number of amides is 1. The lowest BCUT2D eigenvalue weighted by atomic mass is 9.74. The number of aryl methyl sites for hydroxylation is 1. The fourth-order valence-electron chi connectivity index (χ4n) is 5.26. The van der Waals surface area contributed by atoms with Crippen LogP contribution in [-0.2, 0) is 12.8 Å².